The number of carbonyl (C=O) groups excluding carboxylic acids is 3. The summed E-state index contributed by atoms with van der Waals surface area (Å²) < 4.78 is 57.3. The molecule has 8 heterocycles. The number of hydrogen-bond donors (Lipinski definition) is 0. The van der Waals surface area contributed by atoms with Crippen LogP contribution >= 0.6 is 34.8 Å². The fourth-order valence-electron chi connectivity index (χ4n) is 17.6. The van der Waals surface area contributed by atoms with Crippen molar-refractivity contribution < 1.29 is 57.0 Å². The second kappa shape index (κ2) is 50.0. The third-order valence-electron chi connectivity index (χ3n) is 25.1. The van der Waals surface area contributed by atoms with Crippen LogP contribution in [-0.2, 0) is 61.3 Å². The zero-order valence-corrected chi connectivity index (χ0v) is 84.1. The smallest absolute Gasteiger partial charge is 0.266 e. The van der Waals surface area contributed by atoms with Gasteiger partial charge in [0.2, 0.25) is 0 Å². The van der Waals surface area contributed by atoms with Gasteiger partial charge in [-0.3, -0.25) is 67.0 Å². The number of rotatable bonds is 35. The minimum atomic E-state index is -0.157. The maximum atomic E-state index is 14.3. The quantitative estimate of drug-likeness (QED) is 0.0357. The van der Waals surface area contributed by atoms with Gasteiger partial charge in [-0.05, 0) is 211 Å². The Labute approximate surface area is 838 Å². The molecule has 3 amide bonds. The highest BCUT2D eigenvalue weighted by atomic mass is 35.5. The number of nitrogens with zero attached hydrogens (tertiary/aromatic N) is 16. The van der Waals surface area contributed by atoms with Crippen LogP contribution in [0.1, 0.15) is 70.1 Å². The summed E-state index contributed by atoms with van der Waals surface area (Å²) in [4.78, 5) is 118. The van der Waals surface area contributed by atoms with Crippen LogP contribution in [0.3, 0.4) is 0 Å². The number of amides is 3. The summed E-state index contributed by atoms with van der Waals surface area (Å²) in [5, 5.41) is 3.49. The Kier molecular flexibility index (Phi) is 36.7. The maximum Gasteiger partial charge on any atom is 0.266 e. The Hall–Kier alpha value is -12.1. The van der Waals surface area contributed by atoms with Crippen LogP contribution < -0.4 is 50.0 Å². The van der Waals surface area contributed by atoms with Crippen LogP contribution in [0.5, 0.6) is 34.5 Å². The van der Waals surface area contributed by atoms with Crippen molar-refractivity contribution >= 4 is 90.9 Å². The second-order valence-electron chi connectivity index (χ2n) is 36.5. The molecule has 9 aromatic carbocycles. The maximum absolute atomic E-state index is 14.3. The van der Waals surface area contributed by atoms with E-state index in [1.54, 1.807) is 101 Å². The average Bonchev–Trinajstić information content (AvgIpc) is 0.770. The Balaban J connectivity index is 0.000000160. The molecule has 5 fully saturated rings. The normalized spacial score (nSPS) is 15.4. The fraction of sp³-hybridized carbons (Fsp3) is 0.411. The molecule has 141 heavy (non-hydrogen) atoms. The van der Waals surface area contributed by atoms with Crippen molar-refractivity contribution in [2.45, 2.75) is 92.6 Å². The van der Waals surface area contributed by atoms with E-state index in [1.165, 1.54) is 0 Å². The van der Waals surface area contributed by atoms with Crippen molar-refractivity contribution in [1.29, 1.82) is 0 Å². The van der Waals surface area contributed by atoms with E-state index in [4.69, 9.17) is 92.4 Å². The van der Waals surface area contributed by atoms with Gasteiger partial charge < -0.3 is 67.1 Å². The van der Waals surface area contributed by atoms with Crippen LogP contribution in [0.4, 0.5) is 5.69 Å². The molecule has 5 saturated heterocycles. The van der Waals surface area contributed by atoms with Crippen molar-refractivity contribution in [2.24, 2.45) is 0 Å². The number of hydrogen-bond acceptors (Lipinski definition) is 25. The highest BCUT2D eigenvalue weighted by Gasteiger charge is 2.32. The minimum Gasteiger partial charge on any atom is -0.489 e. The Morgan fingerprint density at radius 2 is 0.702 bits per heavy atom. The van der Waals surface area contributed by atoms with Crippen LogP contribution in [0.25, 0.3) is 49.8 Å². The van der Waals surface area contributed by atoms with Crippen molar-refractivity contribution in [3.63, 3.8) is 0 Å². The third-order valence-corrected chi connectivity index (χ3v) is 25.9. The molecule has 17 rings (SSSR count). The molecule has 0 unspecified atom stereocenters. The largest absolute Gasteiger partial charge is 0.489 e. The van der Waals surface area contributed by atoms with Crippen LogP contribution in [0.15, 0.2) is 215 Å². The average molecular weight is 1980 g/mol. The highest BCUT2D eigenvalue weighted by Crippen LogP contribution is 2.35. The van der Waals surface area contributed by atoms with Crippen LogP contribution in [-0.4, -0.2) is 307 Å². The number of benzene rings is 9. The molecule has 0 spiro atoms. The lowest BCUT2D eigenvalue weighted by Gasteiger charge is -2.35. The lowest BCUT2D eigenvalue weighted by molar-refractivity contribution is -0.135. The molecule has 5 aliphatic heterocycles. The summed E-state index contributed by atoms with van der Waals surface area (Å²) in [5.74, 6) is 5.36. The van der Waals surface area contributed by atoms with Crippen molar-refractivity contribution in [3.05, 3.63) is 275 Å². The number of aromatic nitrogens is 6. The lowest BCUT2D eigenvalue weighted by atomic mass is 10.1. The van der Waals surface area contributed by atoms with Crippen molar-refractivity contribution in [2.75, 3.05) is 203 Å². The summed E-state index contributed by atoms with van der Waals surface area (Å²) in [6.45, 7) is 31.2. The number of halogens is 3. The Morgan fingerprint density at radius 1 is 0.376 bits per heavy atom. The van der Waals surface area contributed by atoms with E-state index in [2.05, 4.69) is 65.6 Å². The van der Waals surface area contributed by atoms with Gasteiger partial charge in [-0.25, -0.2) is 15.0 Å². The van der Waals surface area contributed by atoms with E-state index in [1.807, 2.05) is 159 Å². The summed E-state index contributed by atoms with van der Waals surface area (Å²) in [6, 6.07) is 61.5. The van der Waals surface area contributed by atoms with Gasteiger partial charge in [0.15, 0.2) is 19.8 Å². The predicted octanol–water partition coefficient (Wildman–Crippen LogP) is 13.3. The zero-order valence-electron chi connectivity index (χ0n) is 81.8. The molecule has 0 bridgehead atoms. The van der Waals surface area contributed by atoms with E-state index in [-0.39, 0.29) is 72.5 Å². The van der Waals surface area contributed by atoms with E-state index >= 15 is 0 Å². The summed E-state index contributed by atoms with van der Waals surface area (Å²) in [7, 11) is 5.53. The number of ether oxygens (including phenoxy) is 9. The lowest BCUT2D eigenvalue weighted by Crippen LogP contribution is -2.50. The summed E-state index contributed by atoms with van der Waals surface area (Å²) in [6.07, 6.45) is -0.257. The molecule has 31 nitrogen and oxygen atoms in total. The first-order valence-corrected chi connectivity index (χ1v) is 49.5. The number of anilines is 1. The molecule has 746 valence electrons. The number of methoxy groups -OCH3 is 2. The molecule has 3 aromatic heterocycles. The summed E-state index contributed by atoms with van der Waals surface area (Å²) in [5.41, 5.74) is 6.73. The second-order valence-corrected chi connectivity index (χ2v) is 37.8. The molecule has 0 atom stereocenters. The molecule has 34 heteroatoms. The van der Waals surface area contributed by atoms with E-state index in [0.29, 0.717) is 248 Å². The summed E-state index contributed by atoms with van der Waals surface area (Å²) >= 11 is 17.9. The molecule has 0 saturated carbocycles. The molecule has 0 N–H and O–H groups in total. The van der Waals surface area contributed by atoms with Gasteiger partial charge in [-0.2, -0.15) is 0 Å². The van der Waals surface area contributed by atoms with E-state index in [0.717, 1.165) is 75.7 Å². The monoisotopic (exact) mass is 1980 g/mol. The first-order valence-electron chi connectivity index (χ1n) is 48.4. The first-order chi connectivity index (χ1) is 68.3. The number of likely N-dealkylation sites (N-methyl/N-ethyl adjacent to an activating group) is 1. The Morgan fingerprint density at radius 3 is 1.06 bits per heavy atom. The molecule has 5 aliphatic rings. The van der Waals surface area contributed by atoms with Gasteiger partial charge in [0.1, 0.15) is 52.0 Å². The van der Waals surface area contributed by atoms with Gasteiger partial charge >= 0.3 is 0 Å². The van der Waals surface area contributed by atoms with Crippen LogP contribution in [0, 0.1) is 0 Å². The van der Waals surface area contributed by atoms with Gasteiger partial charge in [0, 0.05) is 179 Å². The number of piperazine rings is 4. The van der Waals surface area contributed by atoms with Crippen molar-refractivity contribution in [3.8, 4) is 51.6 Å². The van der Waals surface area contributed by atoms with Crippen LogP contribution in [0.2, 0.25) is 15.1 Å². The molecule has 0 radical (unpaired) electrons. The van der Waals surface area contributed by atoms with E-state index < -0.39 is 0 Å². The zero-order chi connectivity index (χ0) is 99.0. The number of para-hydroxylation sites is 3. The van der Waals surface area contributed by atoms with Crippen molar-refractivity contribution in [1.82, 2.24) is 72.8 Å². The topological polar surface area (TPSA) is 271 Å². The fourth-order valence-corrected chi connectivity index (χ4v) is 18.0. The molecule has 0 aliphatic carbocycles. The molecular formula is C107H127Cl3N16O15. The number of morpholine rings is 1. The standard InChI is InChI=1S/C37H46ClN5O6.C35H41ClN6O4.C35H40ClN5O5/c1-27(2)49-34-14-9-28(24-41(19-21-46-3)20-22-47-4)23-33(34)43-35(39-32-8-6-5-7-31(32)37(43)45)25-40-15-17-42(18-16-40)36(44)26-48-30-12-10-29(38)11-13-30;1-25(2)46-32-13-10-27(40-18-14-38(3)15-19-40)22-31(32)42-33(37-30-7-5-4-6-29(30)35(42)44)23-39-16-20-41(21-17-39)34(43)24-45-28-11-8-26(36)9-12-28;1-25(2)46-32-12-7-26(22-39-17-19-44-20-18-39)21-31(32)41-33(37-30-6-4-3-5-29(30)35(41)43)23-38-13-15-40(16-14-38)34(42)24-45-28-10-8-27(36)9-11-28/h5-14,23,27H,15-22,24-26H2,1-4H3;4-13,22,25H,14-21,23-24H2,1-3H3;3-12,21,25H,13-20,22-24H2,1-2H3. The molecular weight excluding hydrogens is 1860 g/mol. The highest BCUT2D eigenvalue weighted by molar-refractivity contribution is 6.31. The van der Waals surface area contributed by atoms with E-state index in [9.17, 15) is 28.8 Å². The minimum absolute atomic E-state index is 0.0321. The third kappa shape index (κ3) is 28.0. The SMILES string of the molecule is CC(C)Oc1ccc(CN2CCOCC2)cc1-n1c(CN2CCN(C(=O)COc3ccc(Cl)cc3)CC2)nc2ccccc2c1=O.CC(C)Oc1ccc(N2CCN(C)CC2)cc1-n1c(CN2CCN(C(=O)COc3ccc(Cl)cc3)CC2)nc2ccccc2c1=O.COCCN(CCOC)Cc1ccc(OC(C)C)c(-n2c(CN3CCN(C(=O)COc4ccc(Cl)cc4)CC3)nc3ccccc3c2=O)c1. The predicted molar refractivity (Wildman–Crippen MR) is 551 cm³/mol. The molecule has 12 aromatic rings. The Bertz CT molecular complexity index is 6390. The number of fused-ring (bicyclic) bond motifs is 3. The van der Waals surface area contributed by atoms with Gasteiger partial charge in [0.25, 0.3) is 34.4 Å². The van der Waals surface area contributed by atoms with Gasteiger partial charge in [-0.15, -0.1) is 0 Å². The van der Waals surface area contributed by atoms with Gasteiger partial charge in [-0.1, -0.05) is 83.3 Å². The number of carbonyl (C=O) groups is 3. The van der Waals surface area contributed by atoms with Gasteiger partial charge in [0.05, 0.1) is 114 Å². The first kappa shape index (κ1) is 103.